The maximum Gasteiger partial charge on any atom is 0.0113 e. The summed E-state index contributed by atoms with van der Waals surface area (Å²) in [6.07, 6.45) is 7.12. The van der Waals surface area contributed by atoms with E-state index >= 15 is 0 Å². The fourth-order valence-corrected chi connectivity index (χ4v) is 4.13. The molecular weight excluding hydrogens is 244 g/mol. The first kappa shape index (κ1) is 16.3. The Kier molecular flexibility index (Phi) is 5.53. The number of nitrogens with zero attached hydrogens (tertiary/aromatic N) is 2. The molecule has 2 aliphatic rings. The van der Waals surface area contributed by atoms with Gasteiger partial charge in [0.15, 0.2) is 0 Å². The van der Waals surface area contributed by atoms with Gasteiger partial charge < -0.3 is 0 Å². The lowest BCUT2D eigenvalue weighted by molar-refractivity contribution is 0.0410. The summed E-state index contributed by atoms with van der Waals surface area (Å²) in [5.74, 6) is 0.959. The van der Waals surface area contributed by atoms with Gasteiger partial charge in [-0.15, -0.1) is 0 Å². The average Bonchev–Trinajstić information content (AvgIpc) is 2.47. The van der Waals surface area contributed by atoms with Crippen LogP contribution in [-0.2, 0) is 0 Å². The Morgan fingerprint density at radius 2 is 1.50 bits per heavy atom. The van der Waals surface area contributed by atoms with Crippen molar-refractivity contribution in [3.63, 3.8) is 0 Å². The number of hydrogen-bond donors (Lipinski definition) is 0. The van der Waals surface area contributed by atoms with Crippen molar-refractivity contribution in [2.45, 2.75) is 78.8 Å². The Morgan fingerprint density at radius 1 is 0.950 bits per heavy atom. The molecule has 1 heterocycles. The van der Waals surface area contributed by atoms with E-state index < -0.39 is 0 Å². The molecule has 0 aromatic carbocycles. The third kappa shape index (κ3) is 3.76. The maximum atomic E-state index is 2.79. The maximum absolute atomic E-state index is 2.79. The fraction of sp³-hybridized carbons (Fsp3) is 1.00. The summed E-state index contributed by atoms with van der Waals surface area (Å²) < 4.78 is 0. The van der Waals surface area contributed by atoms with Crippen LogP contribution in [0.25, 0.3) is 0 Å². The van der Waals surface area contributed by atoms with Crippen molar-refractivity contribution < 1.29 is 0 Å². The lowest BCUT2D eigenvalue weighted by Gasteiger charge is -2.45. The van der Waals surface area contributed by atoms with Gasteiger partial charge in [-0.25, -0.2) is 0 Å². The summed E-state index contributed by atoms with van der Waals surface area (Å²) in [5, 5.41) is 0. The van der Waals surface area contributed by atoms with Crippen LogP contribution in [0.5, 0.6) is 0 Å². The highest BCUT2D eigenvalue weighted by atomic mass is 15.3. The predicted molar refractivity (Wildman–Crippen MR) is 88.1 cm³/mol. The summed E-state index contributed by atoms with van der Waals surface area (Å²) in [7, 11) is 0. The van der Waals surface area contributed by atoms with E-state index in [0.717, 1.165) is 18.0 Å². The van der Waals surface area contributed by atoms with E-state index in [9.17, 15) is 0 Å². The zero-order valence-corrected chi connectivity index (χ0v) is 14.5. The first-order valence-corrected chi connectivity index (χ1v) is 8.92. The van der Waals surface area contributed by atoms with Crippen LogP contribution in [0.3, 0.4) is 0 Å². The first-order valence-electron chi connectivity index (χ1n) is 8.92. The average molecular weight is 280 g/mol. The van der Waals surface area contributed by atoms with Crippen molar-refractivity contribution in [2.75, 3.05) is 26.2 Å². The van der Waals surface area contributed by atoms with Crippen molar-refractivity contribution in [3.8, 4) is 0 Å². The van der Waals surface area contributed by atoms with Crippen LogP contribution >= 0.6 is 0 Å². The van der Waals surface area contributed by atoms with Crippen LogP contribution in [0.4, 0.5) is 0 Å². The van der Waals surface area contributed by atoms with Crippen molar-refractivity contribution in [1.29, 1.82) is 0 Å². The molecule has 0 atom stereocenters. The van der Waals surface area contributed by atoms with Crippen LogP contribution in [0.1, 0.15) is 66.7 Å². The van der Waals surface area contributed by atoms with Crippen molar-refractivity contribution in [3.05, 3.63) is 0 Å². The van der Waals surface area contributed by atoms with Gasteiger partial charge in [-0.1, -0.05) is 27.2 Å². The van der Waals surface area contributed by atoms with E-state index in [1.807, 2.05) is 0 Å². The molecule has 0 aromatic heterocycles. The number of piperazine rings is 1. The van der Waals surface area contributed by atoms with Crippen molar-refractivity contribution in [2.24, 2.45) is 11.3 Å². The number of hydrogen-bond acceptors (Lipinski definition) is 2. The molecule has 0 radical (unpaired) electrons. The number of rotatable bonds is 4. The monoisotopic (exact) mass is 280 g/mol. The van der Waals surface area contributed by atoms with Crippen LogP contribution in [0, 0.1) is 11.3 Å². The van der Waals surface area contributed by atoms with Crippen LogP contribution in [0.15, 0.2) is 0 Å². The summed E-state index contributed by atoms with van der Waals surface area (Å²) in [5.41, 5.74) is 0.557. The summed E-state index contributed by atoms with van der Waals surface area (Å²) in [6.45, 7) is 17.1. The second kappa shape index (κ2) is 6.79. The molecule has 0 amide bonds. The molecule has 0 N–H and O–H groups in total. The Morgan fingerprint density at radius 3 is 1.95 bits per heavy atom. The van der Waals surface area contributed by atoms with Gasteiger partial charge in [0.05, 0.1) is 0 Å². The largest absolute Gasteiger partial charge is 0.298 e. The molecule has 0 spiro atoms. The molecule has 118 valence electrons. The van der Waals surface area contributed by atoms with E-state index in [2.05, 4.69) is 44.4 Å². The lowest BCUT2D eigenvalue weighted by atomic mass is 9.68. The highest BCUT2D eigenvalue weighted by molar-refractivity contribution is 4.88. The molecule has 0 unspecified atom stereocenters. The summed E-state index contributed by atoms with van der Waals surface area (Å²) in [6, 6.07) is 1.60. The van der Waals surface area contributed by atoms with Gasteiger partial charge in [-0.05, 0) is 50.9 Å². The zero-order valence-electron chi connectivity index (χ0n) is 14.5. The van der Waals surface area contributed by atoms with Crippen LogP contribution in [-0.4, -0.2) is 48.1 Å². The predicted octanol–water partition coefficient (Wildman–Crippen LogP) is 4.01. The molecule has 1 saturated carbocycles. The molecule has 0 bridgehead atoms. The smallest absolute Gasteiger partial charge is 0.0113 e. The van der Waals surface area contributed by atoms with E-state index in [-0.39, 0.29) is 0 Å². The minimum absolute atomic E-state index is 0.557. The molecule has 2 nitrogen and oxygen atoms in total. The fourth-order valence-electron chi connectivity index (χ4n) is 4.13. The molecule has 2 fully saturated rings. The SMILES string of the molecule is CCC(C)(C)[C@H]1CC[C@H](N2CCN(C(C)C)CC2)CC1. The second-order valence-corrected chi connectivity index (χ2v) is 8.01. The van der Waals surface area contributed by atoms with Crippen LogP contribution < -0.4 is 0 Å². The molecule has 1 saturated heterocycles. The molecule has 20 heavy (non-hydrogen) atoms. The summed E-state index contributed by atoms with van der Waals surface area (Å²) >= 11 is 0. The topological polar surface area (TPSA) is 6.48 Å². The molecule has 1 aliphatic carbocycles. The highest BCUT2D eigenvalue weighted by Crippen LogP contribution is 2.41. The van der Waals surface area contributed by atoms with E-state index in [1.54, 1.807) is 0 Å². The van der Waals surface area contributed by atoms with Gasteiger partial charge in [-0.2, -0.15) is 0 Å². The Labute approximate surface area is 126 Å². The molecule has 1 aliphatic heterocycles. The van der Waals surface area contributed by atoms with Gasteiger partial charge in [0, 0.05) is 38.3 Å². The van der Waals surface area contributed by atoms with Crippen molar-refractivity contribution in [1.82, 2.24) is 9.80 Å². The van der Waals surface area contributed by atoms with Gasteiger partial charge in [0.2, 0.25) is 0 Å². The Balaban J connectivity index is 1.78. The zero-order chi connectivity index (χ0) is 14.8. The minimum atomic E-state index is 0.557. The van der Waals surface area contributed by atoms with Crippen LogP contribution in [0.2, 0.25) is 0 Å². The minimum Gasteiger partial charge on any atom is -0.298 e. The summed E-state index contributed by atoms with van der Waals surface area (Å²) in [4.78, 5) is 5.41. The van der Waals surface area contributed by atoms with Gasteiger partial charge in [-0.3, -0.25) is 9.80 Å². The first-order chi connectivity index (χ1) is 9.44. The Bertz CT molecular complexity index is 282. The second-order valence-electron chi connectivity index (χ2n) is 8.01. The normalized spacial score (nSPS) is 30.9. The van der Waals surface area contributed by atoms with E-state index in [1.165, 1.54) is 58.3 Å². The Hall–Kier alpha value is -0.0800. The molecule has 2 heteroatoms. The van der Waals surface area contributed by atoms with Gasteiger partial charge in [0.1, 0.15) is 0 Å². The van der Waals surface area contributed by atoms with Gasteiger partial charge in [0.25, 0.3) is 0 Å². The third-order valence-corrected chi connectivity index (χ3v) is 6.31. The molecule has 2 rings (SSSR count). The molecular formula is C18H36N2. The molecule has 0 aromatic rings. The third-order valence-electron chi connectivity index (χ3n) is 6.31. The van der Waals surface area contributed by atoms with E-state index in [4.69, 9.17) is 0 Å². The van der Waals surface area contributed by atoms with Crippen molar-refractivity contribution >= 4 is 0 Å². The lowest BCUT2D eigenvalue weighted by Crippen LogP contribution is -2.53. The standard InChI is InChI=1S/C18H36N2/c1-6-18(4,5)16-7-9-17(10-8-16)20-13-11-19(12-14-20)15(2)3/h15-17H,6-14H2,1-5H3/t16-,17-. The highest BCUT2D eigenvalue weighted by Gasteiger charge is 2.34. The quantitative estimate of drug-likeness (QED) is 0.768. The van der Waals surface area contributed by atoms with E-state index in [0.29, 0.717) is 5.41 Å². The van der Waals surface area contributed by atoms with Gasteiger partial charge >= 0.3 is 0 Å².